The van der Waals surface area contributed by atoms with Crippen LogP contribution in [0.2, 0.25) is 0 Å². The molecule has 0 unspecified atom stereocenters. The lowest BCUT2D eigenvalue weighted by Gasteiger charge is -2.17. The summed E-state index contributed by atoms with van der Waals surface area (Å²) in [5, 5.41) is 5.90. The molecule has 0 radical (unpaired) electrons. The molecule has 1 aromatic rings. The van der Waals surface area contributed by atoms with E-state index in [0.29, 0.717) is 31.4 Å². The highest BCUT2D eigenvalue weighted by Gasteiger charge is 2.14. The summed E-state index contributed by atoms with van der Waals surface area (Å²) in [7, 11) is 0. The molecule has 0 aliphatic carbocycles. The number of hydrogen-bond donors (Lipinski definition) is 3. The van der Waals surface area contributed by atoms with Gasteiger partial charge in [-0.1, -0.05) is 13.8 Å². The van der Waals surface area contributed by atoms with Crippen molar-refractivity contribution in [1.82, 2.24) is 5.32 Å². The van der Waals surface area contributed by atoms with Gasteiger partial charge in [0.1, 0.15) is 12.4 Å². The van der Waals surface area contributed by atoms with Crippen molar-refractivity contribution in [2.75, 3.05) is 25.0 Å². The zero-order valence-electron chi connectivity index (χ0n) is 13.9. The summed E-state index contributed by atoms with van der Waals surface area (Å²) in [5.41, 5.74) is 7.78. The number of hydrogen-bond acceptors (Lipinski definition) is 3. The van der Waals surface area contributed by atoms with E-state index >= 15 is 0 Å². The normalized spacial score (nSPS) is 14.4. The first-order valence-corrected chi connectivity index (χ1v) is 8.14. The molecular weight excluding hydrogens is 292 g/mol. The maximum absolute atomic E-state index is 11.3. The van der Waals surface area contributed by atoms with Crippen molar-refractivity contribution < 1.29 is 9.53 Å². The van der Waals surface area contributed by atoms with Crippen LogP contribution >= 0.6 is 0 Å². The Morgan fingerprint density at radius 3 is 3.04 bits per heavy atom. The van der Waals surface area contributed by atoms with Crippen molar-refractivity contribution in [3.05, 3.63) is 23.8 Å². The maximum atomic E-state index is 11.3. The van der Waals surface area contributed by atoms with Crippen LogP contribution in [-0.4, -0.2) is 31.6 Å². The number of carbonyl (C=O) groups is 1. The maximum Gasteiger partial charge on any atom is 0.224 e. The largest absolute Gasteiger partial charge is 0.492 e. The Kier molecular flexibility index (Phi) is 6.26. The van der Waals surface area contributed by atoms with Crippen LogP contribution in [0.15, 0.2) is 23.2 Å². The summed E-state index contributed by atoms with van der Waals surface area (Å²) < 4.78 is 5.71. The minimum absolute atomic E-state index is 0.0718. The Hall–Kier alpha value is -2.24. The van der Waals surface area contributed by atoms with Crippen molar-refractivity contribution >= 4 is 17.6 Å². The smallest absolute Gasteiger partial charge is 0.224 e. The number of anilines is 1. The number of guanidine groups is 1. The number of aliphatic imine (C=N–C) groups is 1. The van der Waals surface area contributed by atoms with E-state index in [-0.39, 0.29) is 5.91 Å². The van der Waals surface area contributed by atoms with Crippen LogP contribution in [0.3, 0.4) is 0 Å². The fourth-order valence-electron chi connectivity index (χ4n) is 2.30. The zero-order valence-corrected chi connectivity index (χ0v) is 13.9. The first kappa shape index (κ1) is 17.1. The Labute approximate surface area is 137 Å². The molecule has 1 aliphatic heterocycles. The number of benzene rings is 1. The molecular formula is C17H26N4O2. The van der Waals surface area contributed by atoms with Crippen molar-refractivity contribution in [3.63, 3.8) is 0 Å². The number of nitrogens with two attached hydrogens (primary N) is 1. The van der Waals surface area contributed by atoms with Gasteiger partial charge in [-0.2, -0.15) is 0 Å². The van der Waals surface area contributed by atoms with Gasteiger partial charge >= 0.3 is 0 Å². The second-order valence-electron chi connectivity index (χ2n) is 6.09. The Bertz CT molecular complexity index is 570. The van der Waals surface area contributed by atoms with E-state index in [1.54, 1.807) is 0 Å². The number of fused-ring (bicyclic) bond motifs is 1. The monoisotopic (exact) mass is 318 g/mol. The lowest BCUT2D eigenvalue weighted by atomic mass is 10.0. The van der Waals surface area contributed by atoms with Gasteiger partial charge in [-0.3, -0.25) is 9.79 Å². The van der Waals surface area contributed by atoms with Crippen LogP contribution in [0.25, 0.3) is 0 Å². The molecule has 1 amide bonds. The van der Waals surface area contributed by atoms with Crippen LogP contribution in [0.1, 0.15) is 32.3 Å². The third-order valence-corrected chi connectivity index (χ3v) is 3.64. The molecule has 2 rings (SSSR count). The summed E-state index contributed by atoms with van der Waals surface area (Å²) in [6.45, 7) is 6.18. The number of amides is 1. The minimum Gasteiger partial charge on any atom is -0.492 e. The van der Waals surface area contributed by atoms with E-state index in [2.05, 4.69) is 29.5 Å². The molecule has 126 valence electrons. The molecule has 0 saturated carbocycles. The molecule has 0 bridgehead atoms. The lowest BCUT2D eigenvalue weighted by molar-refractivity contribution is -0.116. The highest BCUT2D eigenvalue weighted by molar-refractivity contribution is 5.94. The second kappa shape index (κ2) is 8.41. The summed E-state index contributed by atoms with van der Waals surface area (Å²) in [6.07, 6.45) is 2.32. The van der Waals surface area contributed by atoms with E-state index in [0.717, 1.165) is 36.4 Å². The van der Waals surface area contributed by atoms with Gasteiger partial charge in [0.15, 0.2) is 5.96 Å². The Balaban J connectivity index is 1.71. The van der Waals surface area contributed by atoms with Gasteiger partial charge in [0.2, 0.25) is 5.91 Å². The topological polar surface area (TPSA) is 88.7 Å². The standard InChI is InChI=1S/C17H26N4O2/c1-12(2)7-8-19-17(18)20-9-10-23-14-4-5-15-13(11-14)3-6-16(22)21-15/h4-5,11-12H,3,6-10H2,1-2H3,(H,21,22)(H3,18,19,20). The van der Waals surface area contributed by atoms with E-state index < -0.39 is 0 Å². The number of aryl methyl sites for hydroxylation is 1. The van der Waals surface area contributed by atoms with Gasteiger partial charge in [0.05, 0.1) is 6.54 Å². The summed E-state index contributed by atoms with van der Waals surface area (Å²) in [6, 6.07) is 5.73. The number of nitrogens with zero attached hydrogens (tertiary/aromatic N) is 1. The SMILES string of the molecule is CC(C)CCN=C(N)NCCOc1ccc2c(c1)CCC(=O)N2. The Morgan fingerprint density at radius 2 is 2.26 bits per heavy atom. The van der Waals surface area contributed by atoms with E-state index in [4.69, 9.17) is 10.5 Å². The third kappa shape index (κ3) is 5.81. The van der Waals surface area contributed by atoms with Crippen molar-refractivity contribution in [2.24, 2.45) is 16.6 Å². The molecule has 0 fully saturated rings. The van der Waals surface area contributed by atoms with E-state index in [1.807, 2.05) is 18.2 Å². The Morgan fingerprint density at radius 1 is 1.43 bits per heavy atom. The van der Waals surface area contributed by atoms with Gasteiger partial charge in [0.25, 0.3) is 0 Å². The first-order chi connectivity index (χ1) is 11.0. The van der Waals surface area contributed by atoms with Gasteiger partial charge in [0, 0.05) is 18.7 Å². The molecule has 6 nitrogen and oxygen atoms in total. The number of rotatable bonds is 7. The average Bonchev–Trinajstić information content (AvgIpc) is 2.51. The summed E-state index contributed by atoms with van der Waals surface area (Å²) >= 11 is 0. The van der Waals surface area contributed by atoms with Crippen LogP contribution in [0.4, 0.5) is 5.69 Å². The van der Waals surface area contributed by atoms with Gasteiger partial charge in [-0.15, -0.1) is 0 Å². The van der Waals surface area contributed by atoms with E-state index in [9.17, 15) is 4.79 Å². The zero-order chi connectivity index (χ0) is 16.7. The summed E-state index contributed by atoms with van der Waals surface area (Å²) in [4.78, 5) is 15.6. The molecule has 0 spiro atoms. The quantitative estimate of drug-likeness (QED) is 0.407. The minimum atomic E-state index is 0.0718. The highest BCUT2D eigenvalue weighted by atomic mass is 16.5. The third-order valence-electron chi connectivity index (χ3n) is 3.64. The second-order valence-corrected chi connectivity index (χ2v) is 6.09. The fraction of sp³-hybridized carbons (Fsp3) is 0.529. The molecule has 1 heterocycles. The highest BCUT2D eigenvalue weighted by Crippen LogP contribution is 2.26. The van der Waals surface area contributed by atoms with Crippen molar-refractivity contribution in [1.29, 1.82) is 0 Å². The van der Waals surface area contributed by atoms with Gasteiger partial charge in [-0.25, -0.2) is 0 Å². The average molecular weight is 318 g/mol. The van der Waals surface area contributed by atoms with Gasteiger partial charge in [-0.05, 0) is 42.5 Å². The van der Waals surface area contributed by atoms with Crippen LogP contribution < -0.4 is 21.1 Å². The number of carbonyl (C=O) groups excluding carboxylic acids is 1. The van der Waals surface area contributed by atoms with E-state index in [1.165, 1.54) is 0 Å². The molecule has 0 atom stereocenters. The molecule has 0 aromatic heterocycles. The van der Waals surface area contributed by atoms with Crippen molar-refractivity contribution in [2.45, 2.75) is 33.1 Å². The van der Waals surface area contributed by atoms with Crippen LogP contribution in [0.5, 0.6) is 5.75 Å². The van der Waals surface area contributed by atoms with Crippen LogP contribution in [-0.2, 0) is 11.2 Å². The number of nitrogens with one attached hydrogen (secondary N) is 2. The van der Waals surface area contributed by atoms with Crippen molar-refractivity contribution in [3.8, 4) is 5.75 Å². The summed E-state index contributed by atoms with van der Waals surface area (Å²) in [5.74, 6) is 1.96. The number of ether oxygens (including phenoxy) is 1. The van der Waals surface area contributed by atoms with Crippen LogP contribution in [0, 0.1) is 5.92 Å². The predicted octanol–water partition coefficient (Wildman–Crippen LogP) is 1.90. The molecule has 1 aromatic carbocycles. The molecule has 6 heteroatoms. The lowest BCUT2D eigenvalue weighted by Crippen LogP contribution is -2.34. The molecule has 23 heavy (non-hydrogen) atoms. The molecule has 0 saturated heterocycles. The predicted molar refractivity (Wildman–Crippen MR) is 92.8 cm³/mol. The first-order valence-electron chi connectivity index (χ1n) is 8.14. The fourth-order valence-corrected chi connectivity index (χ4v) is 2.30. The molecule has 1 aliphatic rings. The van der Waals surface area contributed by atoms with Gasteiger partial charge < -0.3 is 21.1 Å². The molecule has 4 N–H and O–H groups in total.